The van der Waals surface area contributed by atoms with Gasteiger partial charge in [-0.15, -0.1) is 0 Å². The van der Waals surface area contributed by atoms with Crippen molar-refractivity contribution in [3.63, 3.8) is 0 Å². The number of hydrogen-bond acceptors (Lipinski definition) is 5. The van der Waals surface area contributed by atoms with E-state index in [0.717, 1.165) is 12.8 Å². The highest BCUT2D eigenvalue weighted by Crippen LogP contribution is 2.32. The molecule has 0 aliphatic heterocycles. The van der Waals surface area contributed by atoms with Gasteiger partial charge in [-0.3, -0.25) is 4.79 Å². The minimum Gasteiger partial charge on any atom is -0.493 e. The summed E-state index contributed by atoms with van der Waals surface area (Å²) in [6.45, 7) is 0. The first kappa shape index (κ1) is 19.2. The van der Waals surface area contributed by atoms with Crippen molar-refractivity contribution < 1.29 is 22.7 Å². The molecule has 0 radical (unpaired) electrons. The molecule has 0 spiro atoms. The van der Waals surface area contributed by atoms with Crippen molar-refractivity contribution in [1.82, 2.24) is 0 Å². The monoisotopic (exact) mass is 389 g/mol. The Kier molecular flexibility index (Phi) is 5.70. The molecule has 1 saturated carbocycles. The molecule has 7 heteroatoms. The van der Waals surface area contributed by atoms with Gasteiger partial charge in [0.05, 0.1) is 29.9 Å². The fraction of sp³-hybridized carbons (Fsp3) is 0.350. The summed E-state index contributed by atoms with van der Waals surface area (Å²) < 4.78 is 36.1. The summed E-state index contributed by atoms with van der Waals surface area (Å²) in [6, 6.07) is 11.4. The van der Waals surface area contributed by atoms with E-state index in [1.165, 1.54) is 20.3 Å². The largest absolute Gasteiger partial charge is 0.493 e. The van der Waals surface area contributed by atoms with Crippen molar-refractivity contribution >= 4 is 21.4 Å². The van der Waals surface area contributed by atoms with Crippen LogP contribution in [0.25, 0.3) is 0 Å². The zero-order valence-electron chi connectivity index (χ0n) is 15.4. The van der Waals surface area contributed by atoms with E-state index in [4.69, 9.17) is 9.47 Å². The molecule has 0 unspecified atom stereocenters. The molecule has 1 fully saturated rings. The average molecular weight is 389 g/mol. The van der Waals surface area contributed by atoms with E-state index in [0.29, 0.717) is 35.6 Å². The summed E-state index contributed by atoms with van der Waals surface area (Å²) in [5.74, 6) is 0.371. The minimum atomic E-state index is -3.38. The number of para-hydroxylation sites is 1. The van der Waals surface area contributed by atoms with Gasteiger partial charge in [0.25, 0.3) is 5.91 Å². The fourth-order valence-electron chi connectivity index (χ4n) is 3.41. The van der Waals surface area contributed by atoms with Gasteiger partial charge in [-0.25, -0.2) is 8.42 Å². The standard InChI is InChI=1S/C20H23NO5S/c1-25-18-12-6-11-17(19(18)26-2)20(22)21-14-7-5-10-16(13-14)27(23,24)15-8-3-4-9-15/h5-7,10-13,15H,3-4,8-9H2,1-2H3,(H,21,22). The molecule has 0 saturated heterocycles. The Morgan fingerprint density at radius 1 is 1.04 bits per heavy atom. The first-order chi connectivity index (χ1) is 13.0. The third-order valence-corrected chi connectivity index (χ3v) is 7.07. The number of carbonyl (C=O) groups is 1. The van der Waals surface area contributed by atoms with Crippen molar-refractivity contribution in [2.75, 3.05) is 19.5 Å². The lowest BCUT2D eigenvalue weighted by atomic mass is 10.1. The first-order valence-corrected chi connectivity index (χ1v) is 10.4. The Morgan fingerprint density at radius 3 is 2.41 bits per heavy atom. The van der Waals surface area contributed by atoms with Crippen LogP contribution in [-0.2, 0) is 9.84 Å². The highest BCUT2D eigenvalue weighted by atomic mass is 32.2. The second-order valence-corrected chi connectivity index (χ2v) is 8.70. The van der Waals surface area contributed by atoms with Crippen LogP contribution in [0.3, 0.4) is 0 Å². The number of sulfone groups is 1. The molecule has 27 heavy (non-hydrogen) atoms. The van der Waals surface area contributed by atoms with Gasteiger partial charge in [0.15, 0.2) is 21.3 Å². The van der Waals surface area contributed by atoms with Crippen molar-refractivity contribution in [3.05, 3.63) is 48.0 Å². The van der Waals surface area contributed by atoms with Crippen LogP contribution < -0.4 is 14.8 Å². The highest BCUT2D eigenvalue weighted by molar-refractivity contribution is 7.92. The summed E-state index contributed by atoms with van der Waals surface area (Å²) in [5, 5.41) is 2.42. The molecule has 3 rings (SSSR count). The van der Waals surface area contributed by atoms with Crippen LogP contribution in [0.15, 0.2) is 47.4 Å². The van der Waals surface area contributed by atoms with E-state index >= 15 is 0 Å². The summed E-state index contributed by atoms with van der Waals surface area (Å²) in [4.78, 5) is 12.9. The maximum Gasteiger partial charge on any atom is 0.259 e. The molecule has 1 amide bonds. The molecule has 0 bridgehead atoms. The Bertz CT molecular complexity index is 933. The van der Waals surface area contributed by atoms with E-state index in [-0.39, 0.29) is 10.1 Å². The van der Waals surface area contributed by atoms with Gasteiger partial charge in [0, 0.05) is 5.69 Å². The molecule has 2 aromatic rings. The smallest absolute Gasteiger partial charge is 0.259 e. The Hall–Kier alpha value is -2.54. The fourth-order valence-corrected chi connectivity index (χ4v) is 5.30. The molecule has 1 aliphatic rings. The lowest BCUT2D eigenvalue weighted by Crippen LogP contribution is -2.18. The molecule has 2 aromatic carbocycles. The molecule has 0 aromatic heterocycles. The van der Waals surface area contributed by atoms with Gasteiger partial charge in [0.1, 0.15) is 0 Å². The van der Waals surface area contributed by atoms with Crippen LogP contribution in [0.1, 0.15) is 36.0 Å². The van der Waals surface area contributed by atoms with Crippen LogP contribution in [0, 0.1) is 0 Å². The average Bonchev–Trinajstić information content (AvgIpc) is 3.23. The van der Waals surface area contributed by atoms with Crippen LogP contribution in [0.2, 0.25) is 0 Å². The topological polar surface area (TPSA) is 81.7 Å². The number of anilines is 1. The van der Waals surface area contributed by atoms with Crippen molar-refractivity contribution in [2.45, 2.75) is 35.8 Å². The number of hydrogen-bond donors (Lipinski definition) is 1. The molecule has 0 atom stereocenters. The summed E-state index contributed by atoms with van der Waals surface area (Å²) in [5.41, 5.74) is 0.727. The van der Waals surface area contributed by atoms with E-state index < -0.39 is 15.7 Å². The molecule has 144 valence electrons. The lowest BCUT2D eigenvalue weighted by molar-refractivity contribution is 0.102. The first-order valence-electron chi connectivity index (χ1n) is 8.83. The van der Waals surface area contributed by atoms with Crippen LogP contribution in [-0.4, -0.2) is 33.8 Å². The Morgan fingerprint density at radius 2 is 1.74 bits per heavy atom. The minimum absolute atomic E-state index is 0.241. The number of methoxy groups -OCH3 is 2. The number of carbonyl (C=O) groups excluding carboxylic acids is 1. The number of amides is 1. The van der Waals surface area contributed by atoms with E-state index in [9.17, 15) is 13.2 Å². The third-order valence-electron chi connectivity index (χ3n) is 4.81. The van der Waals surface area contributed by atoms with Gasteiger partial charge in [0.2, 0.25) is 0 Å². The molecule has 0 heterocycles. The second kappa shape index (κ2) is 8.00. The van der Waals surface area contributed by atoms with Gasteiger partial charge in [-0.1, -0.05) is 25.0 Å². The maximum atomic E-state index is 12.8. The van der Waals surface area contributed by atoms with Gasteiger partial charge >= 0.3 is 0 Å². The quantitative estimate of drug-likeness (QED) is 0.815. The van der Waals surface area contributed by atoms with E-state index in [1.54, 1.807) is 36.4 Å². The van der Waals surface area contributed by atoms with Crippen LogP contribution in [0.4, 0.5) is 5.69 Å². The Balaban J connectivity index is 1.86. The van der Waals surface area contributed by atoms with Crippen molar-refractivity contribution in [3.8, 4) is 11.5 Å². The molecular weight excluding hydrogens is 366 g/mol. The SMILES string of the molecule is COc1cccc(C(=O)Nc2cccc(S(=O)(=O)C3CCCC3)c2)c1OC. The second-order valence-electron chi connectivity index (χ2n) is 6.47. The summed E-state index contributed by atoms with van der Waals surface area (Å²) in [7, 11) is -0.422. The predicted molar refractivity (Wildman–Crippen MR) is 103 cm³/mol. The number of ether oxygens (including phenoxy) is 2. The van der Waals surface area contributed by atoms with Gasteiger partial charge in [-0.2, -0.15) is 0 Å². The zero-order valence-corrected chi connectivity index (χ0v) is 16.2. The molecule has 1 aliphatic carbocycles. The number of nitrogens with one attached hydrogen (secondary N) is 1. The Labute approximate surface area is 159 Å². The van der Waals surface area contributed by atoms with Gasteiger partial charge in [-0.05, 0) is 43.2 Å². The zero-order chi connectivity index (χ0) is 19.4. The van der Waals surface area contributed by atoms with Gasteiger partial charge < -0.3 is 14.8 Å². The molecule has 6 nitrogen and oxygen atoms in total. The third kappa shape index (κ3) is 3.93. The normalized spacial score (nSPS) is 14.7. The molecular formula is C20H23NO5S. The maximum absolute atomic E-state index is 12.8. The van der Waals surface area contributed by atoms with Crippen molar-refractivity contribution in [2.24, 2.45) is 0 Å². The van der Waals surface area contributed by atoms with Crippen LogP contribution >= 0.6 is 0 Å². The highest BCUT2D eigenvalue weighted by Gasteiger charge is 2.30. The predicted octanol–water partition coefficient (Wildman–Crippen LogP) is 3.67. The summed E-state index contributed by atoms with van der Waals surface area (Å²) in [6.07, 6.45) is 3.27. The lowest BCUT2D eigenvalue weighted by Gasteiger charge is -2.14. The van der Waals surface area contributed by atoms with Crippen LogP contribution in [0.5, 0.6) is 11.5 Å². The van der Waals surface area contributed by atoms with E-state index in [2.05, 4.69) is 5.32 Å². The summed E-state index contributed by atoms with van der Waals surface area (Å²) >= 11 is 0. The van der Waals surface area contributed by atoms with Crippen molar-refractivity contribution in [1.29, 1.82) is 0 Å². The number of rotatable bonds is 6. The van der Waals surface area contributed by atoms with E-state index in [1.807, 2.05) is 0 Å². The molecule has 1 N–H and O–H groups in total. The number of benzene rings is 2.